The van der Waals surface area contributed by atoms with Crippen LogP contribution >= 0.6 is 11.3 Å². The largest absolute Gasteiger partial charge is 0.462 e. The van der Waals surface area contributed by atoms with Crippen molar-refractivity contribution in [2.45, 2.75) is 32.5 Å². The lowest BCUT2D eigenvalue weighted by Gasteiger charge is -2.25. The van der Waals surface area contributed by atoms with Gasteiger partial charge < -0.3 is 15.8 Å². The van der Waals surface area contributed by atoms with Gasteiger partial charge in [0.2, 0.25) is 0 Å². The second kappa shape index (κ2) is 6.02. The number of carbonyl (C=O) groups is 2. The molecule has 1 aromatic heterocycles. The Labute approximate surface area is 123 Å². The average Bonchev–Trinajstić information content (AvgIpc) is 2.69. The van der Waals surface area contributed by atoms with E-state index < -0.39 is 23.6 Å². The van der Waals surface area contributed by atoms with Crippen LogP contribution in [0.1, 0.15) is 29.1 Å². The van der Waals surface area contributed by atoms with Crippen molar-refractivity contribution >= 4 is 28.2 Å². The summed E-state index contributed by atoms with van der Waals surface area (Å²) >= 11 is 0.968. The first-order chi connectivity index (χ1) is 9.50. The van der Waals surface area contributed by atoms with Gasteiger partial charge in [-0.25, -0.2) is 4.79 Å². The molecule has 9 heteroatoms. The van der Waals surface area contributed by atoms with E-state index in [0.29, 0.717) is 11.8 Å². The number of ether oxygens (including phenoxy) is 1. The number of hydrogen-bond acceptors (Lipinski definition) is 5. The van der Waals surface area contributed by atoms with Crippen molar-refractivity contribution in [2.75, 3.05) is 11.9 Å². The maximum atomic E-state index is 12.7. The molecule has 1 unspecified atom stereocenters. The second-order valence-corrected chi connectivity index (χ2v) is 5.73. The van der Waals surface area contributed by atoms with E-state index in [2.05, 4.69) is 5.32 Å². The quantitative estimate of drug-likeness (QED) is 0.834. The normalized spacial score (nSPS) is 14.4. The summed E-state index contributed by atoms with van der Waals surface area (Å²) in [5.41, 5.74) is 1.97. The number of amides is 1. The first-order valence-corrected chi connectivity index (χ1v) is 6.77. The first kappa shape index (κ1) is 17.4. The molecule has 0 aliphatic rings. The highest BCUT2D eigenvalue weighted by atomic mass is 32.1. The number of hydrogen-bond donors (Lipinski definition) is 2. The Morgan fingerprint density at radius 1 is 1.43 bits per heavy atom. The van der Waals surface area contributed by atoms with Crippen molar-refractivity contribution in [1.82, 2.24) is 0 Å². The minimum atomic E-state index is -4.91. The number of halogens is 3. The molecule has 0 aromatic carbocycles. The molecule has 1 amide bonds. The van der Waals surface area contributed by atoms with Crippen LogP contribution in [0.25, 0.3) is 0 Å². The van der Waals surface area contributed by atoms with Gasteiger partial charge >= 0.3 is 12.1 Å². The molecule has 0 saturated carbocycles. The van der Waals surface area contributed by atoms with E-state index >= 15 is 0 Å². The van der Waals surface area contributed by atoms with Crippen LogP contribution in [0.5, 0.6) is 0 Å². The summed E-state index contributed by atoms with van der Waals surface area (Å²) in [7, 11) is 0. The SMILES string of the molecule is CCOC(=O)c1cc(C)sc1NC(=O)C(C)(N)C(F)(F)F. The monoisotopic (exact) mass is 324 g/mol. The summed E-state index contributed by atoms with van der Waals surface area (Å²) < 4.78 is 42.9. The van der Waals surface area contributed by atoms with E-state index in [9.17, 15) is 22.8 Å². The Kier molecular flexibility index (Phi) is 5.00. The zero-order valence-electron chi connectivity index (χ0n) is 11.6. The van der Waals surface area contributed by atoms with Crippen molar-refractivity contribution in [3.8, 4) is 0 Å². The first-order valence-electron chi connectivity index (χ1n) is 5.95. The van der Waals surface area contributed by atoms with Gasteiger partial charge in [-0.3, -0.25) is 4.79 Å². The van der Waals surface area contributed by atoms with Crippen molar-refractivity contribution in [3.05, 3.63) is 16.5 Å². The Morgan fingerprint density at radius 2 is 2.00 bits per heavy atom. The summed E-state index contributed by atoms with van der Waals surface area (Å²) in [6.07, 6.45) is -4.91. The number of aryl methyl sites for hydroxylation is 1. The molecule has 1 heterocycles. The Hall–Kier alpha value is -1.61. The van der Waals surface area contributed by atoms with Gasteiger partial charge in [-0.05, 0) is 26.8 Å². The van der Waals surface area contributed by atoms with E-state index in [1.54, 1.807) is 13.8 Å². The van der Waals surface area contributed by atoms with E-state index in [4.69, 9.17) is 10.5 Å². The van der Waals surface area contributed by atoms with Gasteiger partial charge in [-0.2, -0.15) is 13.2 Å². The number of carbonyl (C=O) groups excluding carboxylic acids is 2. The number of esters is 1. The molecule has 0 saturated heterocycles. The minimum absolute atomic E-state index is 0.00525. The van der Waals surface area contributed by atoms with Gasteiger partial charge in [0.15, 0.2) is 5.54 Å². The number of alkyl halides is 3. The number of thiophene rings is 1. The van der Waals surface area contributed by atoms with E-state index in [-0.39, 0.29) is 17.2 Å². The molecule has 0 bridgehead atoms. The maximum Gasteiger partial charge on any atom is 0.415 e. The highest BCUT2D eigenvalue weighted by Crippen LogP contribution is 2.32. The van der Waals surface area contributed by atoms with Crippen LogP contribution in [0.4, 0.5) is 18.2 Å². The third-order valence-corrected chi connectivity index (χ3v) is 3.60. The molecule has 0 radical (unpaired) electrons. The van der Waals surface area contributed by atoms with Crippen molar-refractivity contribution < 1.29 is 27.5 Å². The molecular weight excluding hydrogens is 309 g/mol. The fourth-order valence-corrected chi connectivity index (χ4v) is 2.22. The van der Waals surface area contributed by atoms with Gasteiger partial charge in [0, 0.05) is 4.88 Å². The number of nitrogens with one attached hydrogen (secondary N) is 1. The topological polar surface area (TPSA) is 81.4 Å². The third-order valence-electron chi connectivity index (χ3n) is 2.64. The Morgan fingerprint density at radius 3 is 2.48 bits per heavy atom. The molecule has 0 spiro atoms. The van der Waals surface area contributed by atoms with Gasteiger partial charge in [-0.15, -0.1) is 11.3 Å². The maximum absolute atomic E-state index is 12.7. The number of rotatable bonds is 4. The summed E-state index contributed by atoms with van der Waals surface area (Å²) in [4.78, 5) is 24.0. The van der Waals surface area contributed by atoms with Crippen LogP contribution in [0.15, 0.2) is 6.07 Å². The van der Waals surface area contributed by atoms with Gasteiger partial charge in [-0.1, -0.05) is 0 Å². The standard InChI is InChI=1S/C12H15F3N2O3S/c1-4-20-9(18)7-5-6(2)21-8(7)17-10(19)11(3,16)12(13,14)15/h5H,4,16H2,1-3H3,(H,17,19). The van der Waals surface area contributed by atoms with Gasteiger partial charge in [0.1, 0.15) is 5.00 Å². The molecular formula is C12H15F3N2O3S. The van der Waals surface area contributed by atoms with E-state index in [1.165, 1.54) is 6.07 Å². The lowest BCUT2D eigenvalue weighted by Crippen LogP contribution is -2.59. The Bertz CT molecular complexity index is 552. The van der Waals surface area contributed by atoms with E-state index in [1.807, 2.05) is 0 Å². The zero-order chi connectivity index (χ0) is 16.4. The summed E-state index contributed by atoms with van der Waals surface area (Å²) in [6, 6.07) is 1.43. The van der Waals surface area contributed by atoms with Crippen LogP contribution in [0, 0.1) is 6.92 Å². The highest BCUT2D eigenvalue weighted by molar-refractivity contribution is 7.16. The summed E-state index contributed by atoms with van der Waals surface area (Å²) in [5.74, 6) is -2.16. The predicted octanol–water partition coefficient (Wildman–Crippen LogP) is 2.45. The van der Waals surface area contributed by atoms with Gasteiger partial charge in [0.05, 0.1) is 12.2 Å². The molecule has 0 aliphatic heterocycles. The molecule has 1 atom stereocenters. The van der Waals surface area contributed by atoms with Crippen LogP contribution in [0.3, 0.4) is 0 Å². The molecule has 5 nitrogen and oxygen atoms in total. The average molecular weight is 324 g/mol. The van der Waals surface area contributed by atoms with Crippen molar-refractivity contribution in [3.63, 3.8) is 0 Å². The van der Waals surface area contributed by atoms with Crippen molar-refractivity contribution in [1.29, 1.82) is 0 Å². The fourth-order valence-electron chi connectivity index (χ4n) is 1.33. The Balaban J connectivity index is 3.04. The van der Waals surface area contributed by atoms with Crippen LogP contribution in [0.2, 0.25) is 0 Å². The smallest absolute Gasteiger partial charge is 0.415 e. The van der Waals surface area contributed by atoms with Crippen LogP contribution < -0.4 is 11.1 Å². The molecule has 118 valence electrons. The number of anilines is 1. The summed E-state index contributed by atoms with van der Waals surface area (Å²) in [5, 5.41) is 2.03. The van der Waals surface area contributed by atoms with E-state index in [0.717, 1.165) is 11.3 Å². The van der Waals surface area contributed by atoms with Crippen LogP contribution in [-0.2, 0) is 9.53 Å². The predicted molar refractivity (Wildman–Crippen MR) is 72.3 cm³/mol. The lowest BCUT2D eigenvalue weighted by molar-refractivity contribution is -0.184. The highest BCUT2D eigenvalue weighted by Gasteiger charge is 2.54. The zero-order valence-corrected chi connectivity index (χ0v) is 12.4. The molecule has 1 rings (SSSR count). The molecule has 21 heavy (non-hydrogen) atoms. The third kappa shape index (κ3) is 3.73. The molecule has 0 fully saturated rings. The van der Waals surface area contributed by atoms with Gasteiger partial charge in [0.25, 0.3) is 5.91 Å². The fraction of sp³-hybridized carbons (Fsp3) is 0.500. The number of nitrogens with two attached hydrogens (primary N) is 1. The minimum Gasteiger partial charge on any atom is -0.462 e. The molecule has 0 aliphatic carbocycles. The van der Waals surface area contributed by atoms with Crippen LogP contribution in [-0.4, -0.2) is 30.2 Å². The summed E-state index contributed by atoms with van der Waals surface area (Å²) in [6.45, 7) is 3.91. The molecule has 1 aromatic rings. The second-order valence-electron chi connectivity index (χ2n) is 4.47. The lowest BCUT2D eigenvalue weighted by atomic mass is 10.0. The molecule has 3 N–H and O–H groups in total. The van der Waals surface area contributed by atoms with Crippen molar-refractivity contribution in [2.24, 2.45) is 5.73 Å².